The molecule has 2 rings (SSSR count). The molecule has 0 atom stereocenters. The normalized spacial score (nSPS) is 20.4. The van der Waals surface area contributed by atoms with Crippen LogP contribution < -0.4 is 10.6 Å². The monoisotopic (exact) mass is 389 g/mol. The van der Waals surface area contributed by atoms with E-state index >= 15 is 0 Å². The van der Waals surface area contributed by atoms with Crippen LogP contribution in [0, 0.1) is 0 Å². The van der Waals surface area contributed by atoms with Gasteiger partial charge in [0.15, 0.2) is 0 Å². The molecule has 0 spiro atoms. The van der Waals surface area contributed by atoms with Crippen molar-refractivity contribution in [1.82, 2.24) is 24.1 Å². The highest BCUT2D eigenvalue weighted by atomic mass is 32.2. The zero-order chi connectivity index (χ0) is 19.2. The van der Waals surface area contributed by atoms with E-state index in [0.29, 0.717) is 39.3 Å². The molecule has 150 valence electrons. The van der Waals surface area contributed by atoms with Gasteiger partial charge >= 0.3 is 6.03 Å². The molecule has 2 N–H and O–H groups in total. The summed E-state index contributed by atoms with van der Waals surface area (Å²) in [6, 6.07) is -0.277. The van der Waals surface area contributed by atoms with Crippen molar-refractivity contribution in [2.24, 2.45) is 0 Å². The van der Waals surface area contributed by atoms with Crippen LogP contribution in [0.3, 0.4) is 0 Å². The number of nitrogens with zero attached hydrogens (tertiary/aromatic N) is 3. The number of hydrogen-bond donors (Lipinski definition) is 2. The van der Waals surface area contributed by atoms with E-state index in [-0.39, 0.29) is 18.5 Å². The van der Waals surface area contributed by atoms with E-state index < -0.39 is 16.2 Å². The van der Waals surface area contributed by atoms with Crippen LogP contribution in [0.25, 0.3) is 0 Å². The molecule has 2 aliphatic rings. The molecule has 1 aliphatic carbocycles. The largest absolute Gasteiger partial charge is 0.335 e. The Kier molecular flexibility index (Phi) is 7.81. The molecule has 0 radical (unpaired) electrons. The second-order valence-corrected chi connectivity index (χ2v) is 8.70. The zero-order valence-corrected chi connectivity index (χ0v) is 16.6. The maximum atomic E-state index is 12.5. The second-order valence-electron chi connectivity index (χ2n) is 6.77. The molecule has 1 heterocycles. The quantitative estimate of drug-likeness (QED) is 0.636. The minimum atomic E-state index is -3.43. The number of carbonyl (C=O) groups excluding carboxylic acids is 2. The Morgan fingerprint density at radius 3 is 2.15 bits per heavy atom. The van der Waals surface area contributed by atoms with E-state index in [1.54, 1.807) is 0 Å². The van der Waals surface area contributed by atoms with Crippen molar-refractivity contribution >= 4 is 22.1 Å². The van der Waals surface area contributed by atoms with Crippen LogP contribution in [0.15, 0.2) is 0 Å². The highest BCUT2D eigenvalue weighted by Gasteiger charge is 2.31. The van der Waals surface area contributed by atoms with E-state index in [2.05, 4.69) is 10.6 Å². The lowest BCUT2D eigenvalue weighted by Crippen LogP contribution is -2.55. The number of urea groups is 1. The number of carbonyl (C=O) groups is 2. The third-order valence-electron chi connectivity index (χ3n) is 5.00. The van der Waals surface area contributed by atoms with Gasteiger partial charge in [0, 0.05) is 45.3 Å². The van der Waals surface area contributed by atoms with E-state index in [9.17, 15) is 18.0 Å². The van der Waals surface area contributed by atoms with Crippen molar-refractivity contribution in [3.63, 3.8) is 0 Å². The third kappa shape index (κ3) is 5.63. The number of piperazine rings is 1. The Morgan fingerprint density at radius 2 is 1.62 bits per heavy atom. The van der Waals surface area contributed by atoms with Gasteiger partial charge in [-0.1, -0.05) is 26.7 Å². The van der Waals surface area contributed by atoms with Crippen LogP contribution in [0.2, 0.25) is 0 Å². The fraction of sp³-hybridized carbons (Fsp3) is 0.875. The van der Waals surface area contributed by atoms with Crippen molar-refractivity contribution in [3.05, 3.63) is 0 Å². The predicted octanol–water partition coefficient (Wildman–Crippen LogP) is -0.0410. The summed E-state index contributed by atoms with van der Waals surface area (Å²) >= 11 is 0. The van der Waals surface area contributed by atoms with Crippen molar-refractivity contribution in [2.75, 3.05) is 45.8 Å². The molecule has 26 heavy (non-hydrogen) atoms. The molecular weight excluding hydrogens is 358 g/mol. The number of nitrogens with one attached hydrogen (secondary N) is 2. The first-order valence-electron chi connectivity index (χ1n) is 9.44. The second kappa shape index (κ2) is 9.63. The first-order valence-corrected chi connectivity index (χ1v) is 10.8. The molecule has 9 nitrogen and oxygen atoms in total. The Morgan fingerprint density at radius 1 is 1.04 bits per heavy atom. The number of imide groups is 1. The molecule has 0 aromatic carbocycles. The van der Waals surface area contributed by atoms with Gasteiger partial charge in [0.05, 0.1) is 6.54 Å². The molecule has 0 unspecified atom stereocenters. The zero-order valence-electron chi connectivity index (χ0n) is 15.7. The van der Waals surface area contributed by atoms with Gasteiger partial charge in [-0.05, 0) is 12.8 Å². The Hall–Kier alpha value is -1.23. The number of hydrogen-bond acceptors (Lipinski definition) is 5. The summed E-state index contributed by atoms with van der Waals surface area (Å²) in [5.74, 6) is -0.361. The van der Waals surface area contributed by atoms with Gasteiger partial charge in [0.1, 0.15) is 0 Å². The average molecular weight is 390 g/mol. The van der Waals surface area contributed by atoms with Gasteiger partial charge in [-0.2, -0.15) is 17.0 Å². The minimum Gasteiger partial charge on any atom is -0.335 e. The van der Waals surface area contributed by atoms with Crippen molar-refractivity contribution in [2.45, 2.75) is 45.6 Å². The van der Waals surface area contributed by atoms with Gasteiger partial charge < -0.3 is 5.32 Å². The fourth-order valence-electron chi connectivity index (χ4n) is 3.49. The molecule has 0 aromatic heterocycles. The summed E-state index contributed by atoms with van der Waals surface area (Å²) in [7, 11) is -3.43. The van der Waals surface area contributed by atoms with Gasteiger partial charge in [0.2, 0.25) is 5.91 Å². The maximum Gasteiger partial charge on any atom is 0.321 e. The first kappa shape index (κ1) is 21.1. The minimum absolute atomic E-state index is 0.0945. The standard InChI is InChI=1S/C16H31N5O4S/c1-3-20(4-2)26(24,25)21-11-9-19(10-12-21)13-15(22)18-16(23)17-14-7-5-6-8-14/h14H,3-13H2,1-2H3,(H2,17,18,22,23). The summed E-state index contributed by atoms with van der Waals surface area (Å²) in [4.78, 5) is 25.7. The van der Waals surface area contributed by atoms with Gasteiger partial charge in [-0.25, -0.2) is 4.79 Å². The Labute approximate surface area is 156 Å². The Bertz CT molecular complexity index is 579. The average Bonchev–Trinajstić information content (AvgIpc) is 3.08. The molecule has 2 fully saturated rings. The van der Waals surface area contributed by atoms with E-state index in [1.807, 2.05) is 18.7 Å². The lowest BCUT2D eigenvalue weighted by Gasteiger charge is -2.35. The van der Waals surface area contributed by atoms with Crippen LogP contribution in [-0.4, -0.2) is 85.7 Å². The lowest BCUT2D eigenvalue weighted by molar-refractivity contribution is -0.121. The number of rotatable bonds is 7. The molecule has 0 aromatic rings. The summed E-state index contributed by atoms with van der Waals surface area (Å²) in [5, 5.41) is 5.18. The highest BCUT2D eigenvalue weighted by Crippen LogP contribution is 2.17. The van der Waals surface area contributed by atoms with Gasteiger partial charge in [-0.15, -0.1) is 0 Å². The van der Waals surface area contributed by atoms with E-state index in [1.165, 1.54) is 8.61 Å². The molecule has 1 saturated carbocycles. The van der Waals surface area contributed by atoms with Crippen LogP contribution >= 0.6 is 0 Å². The van der Waals surface area contributed by atoms with Crippen molar-refractivity contribution in [1.29, 1.82) is 0 Å². The lowest BCUT2D eigenvalue weighted by atomic mass is 10.2. The summed E-state index contributed by atoms with van der Waals surface area (Å²) in [6.07, 6.45) is 4.15. The smallest absolute Gasteiger partial charge is 0.321 e. The molecular formula is C16H31N5O4S. The Balaban J connectivity index is 1.74. The number of amides is 3. The topological polar surface area (TPSA) is 102 Å². The first-order chi connectivity index (χ1) is 12.4. The maximum absolute atomic E-state index is 12.5. The summed E-state index contributed by atoms with van der Waals surface area (Å²) < 4.78 is 27.9. The molecule has 0 bridgehead atoms. The third-order valence-corrected chi connectivity index (χ3v) is 7.19. The highest BCUT2D eigenvalue weighted by molar-refractivity contribution is 7.86. The summed E-state index contributed by atoms with van der Waals surface area (Å²) in [6.45, 7) is 6.25. The van der Waals surface area contributed by atoms with Crippen molar-refractivity contribution in [3.8, 4) is 0 Å². The molecule has 3 amide bonds. The predicted molar refractivity (Wildman–Crippen MR) is 98.8 cm³/mol. The molecule has 1 saturated heterocycles. The summed E-state index contributed by atoms with van der Waals surface area (Å²) in [5.41, 5.74) is 0. The van der Waals surface area contributed by atoms with Gasteiger partial charge in [-0.3, -0.25) is 15.0 Å². The SMILES string of the molecule is CCN(CC)S(=O)(=O)N1CCN(CC(=O)NC(=O)NC2CCCC2)CC1. The molecule has 1 aliphatic heterocycles. The van der Waals surface area contributed by atoms with Crippen molar-refractivity contribution < 1.29 is 18.0 Å². The van der Waals surface area contributed by atoms with E-state index in [4.69, 9.17) is 0 Å². The van der Waals surface area contributed by atoms with E-state index in [0.717, 1.165) is 25.7 Å². The van der Waals surface area contributed by atoms with Gasteiger partial charge in [0.25, 0.3) is 10.2 Å². The van der Waals surface area contributed by atoms with Crippen LogP contribution in [0.4, 0.5) is 4.79 Å². The van der Waals surface area contributed by atoms with Crippen LogP contribution in [0.5, 0.6) is 0 Å². The van der Waals surface area contributed by atoms with Crippen LogP contribution in [0.1, 0.15) is 39.5 Å². The van der Waals surface area contributed by atoms with Crippen LogP contribution in [-0.2, 0) is 15.0 Å². The molecule has 10 heteroatoms. The fourth-order valence-corrected chi connectivity index (χ4v) is 5.10.